The molecule has 0 bridgehead atoms. The van der Waals surface area contributed by atoms with Gasteiger partial charge in [0.1, 0.15) is 0 Å². The Labute approximate surface area is 176 Å². The number of allylic oxidation sites excluding steroid dienone is 2. The fourth-order valence-electron chi connectivity index (χ4n) is 4.96. The molecule has 2 unspecified atom stereocenters. The summed E-state index contributed by atoms with van der Waals surface area (Å²) in [6.07, 6.45) is 9.98. The summed E-state index contributed by atoms with van der Waals surface area (Å²) in [5.74, 6) is 0. The molecular formula is C22H22Br2Zr. The molecule has 0 saturated carbocycles. The maximum absolute atomic E-state index is 2.57. The van der Waals surface area contributed by atoms with Gasteiger partial charge in [0.2, 0.25) is 0 Å². The second-order valence-electron chi connectivity index (χ2n) is 7.56. The maximum atomic E-state index is 2.57. The second-order valence-corrected chi connectivity index (χ2v) is 19.1. The van der Waals surface area contributed by atoms with E-state index < -0.39 is 20.3 Å². The van der Waals surface area contributed by atoms with E-state index in [0.717, 1.165) is 7.25 Å². The summed E-state index contributed by atoms with van der Waals surface area (Å²) in [4.78, 5) is 0. The van der Waals surface area contributed by atoms with Gasteiger partial charge in [-0.3, -0.25) is 0 Å². The zero-order valence-electron chi connectivity index (χ0n) is 14.6. The van der Waals surface area contributed by atoms with Crippen molar-refractivity contribution < 1.29 is 54.2 Å². The van der Waals surface area contributed by atoms with Gasteiger partial charge in [-0.2, -0.15) is 0 Å². The van der Waals surface area contributed by atoms with Gasteiger partial charge in [0.25, 0.3) is 0 Å². The molecule has 1 fully saturated rings. The van der Waals surface area contributed by atoms with Crippen LogP contribution in [0.5, 0.6) is 0 Å². The summed E-state index contributed by atoms with van der Waals surface area (Å²) in [6, 6.07) is 13.8. The summed E-state index contributed by atoms with van der Waals surface area (Å²) in [5, 5.41) is 0. The summed E-state index contributed by atoms with van der Waals surface area (Å²) in [6.45, 7) is 4.52. The third kappa shape index (κ3) is 2.86. The Hall–Kier alpha value is -0.237. The average Bonchev–Trinajstić information content (AvgIpc) is 3.03. The topological polar surface area (TPSA) is 0 Å². The number of benzene rings is 2. The molecule has 25 heavy (non-hydrogen) atoms. The minimum atomic E-state index is -2.19. The molecule has 3 heteroatoms. The molecular weight excluding hydrogens is 515 g/mol. The van der Waals surface area contributed by atoms with Crippen LogP contribution in [0.3, 0.4) is 0 Å². The minimum absolute atomic E-state index is 0. The first kappa shape index (κ1) is 19.5. The minimum Gasteiger partial charge on any atom is -1.00 e. The van der Waals surface area contributed by atoms with Gasteiger partial charge in [-0.25, -0.2) is 0 Å². The molecule has 0 amide bonds. The molecule has 0 N–H and O–H groups in total. The number of fused-ring (bicyclic) bond motifs is 2. The molecule has 2 atom stereocenters. The normalized spacial score (nSPS) is 22.2. The van der Waals surface area contributed by atoms with E-state index in [0.29, 0.717) is 0 Å². The van der Waals surface area contributed by atoms with Crippen molar-refractivity contribution in [1.82, 2.24) is 0 Å². The van der Waals surface area contributed by atoms with Crippen molar-refractivity contribution in [2.75, 3.05) is 0 Å². The quantitative estimate of drug-likeness (QED) is 0.512. The Balaban J connectivity index is 0.000000911. The zero-order chi connectivity index (χ0) is 15.6. The molecule has 0 nitrogen and oxygen atoms in total. The first-order valence-electron chi connectivity index (χ1n) is 8.76. The van der Waals surface area contributed by atoms with Gasteiger partial charge in [0.05, 0.1) is 0 Å². The molecule has 1 heterocycles. The van der Waals surface area contributed by atoms with E-state index in [1.165, 1.54) is 22.3 Å². The van der Waals surface area contributed by atoms with E-state index in [1.807, 2.05) is 0 Å². The molecule has 5 rings (SSSR count). The van der Waals surface area contributed by atoms with E-state index in [4.69, 9.17) is 0 Å². The van der Waals surface area contributed by atoms with Crippen molar-refractivity contribution in [3.8, 4) is 0 Å². The van der Waals surface area contributed by atoms with Crippen molar-refractivity contribution in [2.24, 2.45) is 0 Å². The molecule has 0 radical (unpaired) electrons. The van der Waals surface area contributed by atoms with Crippen molar-refractivity contribution in [3.05, 3.63) is 81.9 Å². The molecule has 0 spiro atoms. The molecule has 2 aromatic carbocycles. The van der Waals surface area contributed by atoms with E-state index in [1.54, 1.807) is 19.4 Å². The zero-order valence-corrected chi connectivity index (χ0v) is 20.2. The van der Waals surface area contributed by atoms with E-state index in [9.17, 15) is 0 Å². The van der Waals surface area contributed by atoms with Crippen LogP contribution >= 0.6 is 0 Å². The van der Waals surface area contributed by atoms with Crippen LogP contribution < -0.4 is 34.0 Å². The number of aryl methyl sites for hydroxylation is 2. The van der Waals surface area contributed by atoms with E-state index in [-0.39, 0.29) is 34.0 Å². The molecule has 0 aromatic heterocycles. The number of hydrogen-bond donors (Lipinski definition) is 0. The monoisotopic (exact) mass is 534 g/mol. The SMILES string of the molecule is Cc1cccc2c1C=C[CH]2[Zr+2]1([CH]2C=Cc3c(C)cccc32)[CH2][CH2]1.[Br-].[Br-]. The smallest absolute Gasteiger partial charge is 1.00 e. The van der Waals surface area contributed by atoms with Crippen LogP contribution in [0, 0.1) is 13.8 Å². The molecule has 3 aliphatic rings. The third-order valence-electron chi connectivity index (χ3n) is 6.36. The number of hydrogen-bond acceptors (Lipinski definition) is 0. The van der Waals surface area contributed by atoms with Crippen LogP contribution in [0.4, 0.5) is 0 Å². The van der Waals surface area contributed by atoms with Crippen LogP contribution in [0.25, 0.3) is 12.2 Å². The van der Waals surface area contributed by atoms with Crippen LogP contribution in [-0.4, -0.2) is 0 Å². The maximum Gasteiger partial charge on any atom is -1.00 e. The van der Waals surface area contributed by atoms with Gasteiger partial charge >= 0.3 is 144 Å². The van der Waals surface area contributed by atoms with Crippen LogP contribution in [0.2, 0.25) is 8.26 Å². The first-order chi connectivity index (χ1) is 11.2. The molecule has 1 saturated heterocycles. The van der Waals surface area contributed by atoms with E-state index in [2.05, 4.69) is 74.5 Å². The Morgan fingerprint density at radius 3 is 1.56 bits per heavy atom. The van der Waals surface area contributed by atoms with Crippen LogP contribution in [-0.2, 0) is 20.3 Å². The number of rotatable bonds is 2. The summed E-state index contributed by atoms with van der Waals surface area (Å²) in [7, 11) is 0. The third-order valence-corrected chi connectivity index (χ3v) is 19.0. The van der Waals surface area contributed by atoms with Crippen molar-refractivity contribution in [2.45, 2.75) is 29.4 Å². The van der Waals surface area contributed by atoms with Gasteiger partial charge in [-0.15, -0.1) is 0 Å². The summed E-state index contributed by atoms with van der Waals surface area (Å²) in [5.41, 5.74) is 9.22. The molecule has 2 aromatic rings. The standard InChI is InChI=1S/2C10H9.C2H4.2BrH.Zr/c2*1-8-4-2-5-9-6-3-7-10(8)9;1-2;;;/h2*2-7H,1H3;1-2H2;2*1H;/q;;;;;+2/p-2. The molecule has 128 valence electrons. The fourth-order valence-corrected chi connectivity index (χ4v) is 20.5. The first-order valence-corrected chi connectivity index (χ1v) is 15.1. The van der Waals surface area contributed by atoms with Gasteiger partial charge in [0.15, 0.2) is 0 Å². The Kier molecular flexibility index (Phi) is 5.51. The fraction of sp³-hybridized carbons (Fsp3) is 0.273. The predicted molar refractivity (Wildman–Crippen MR) is 95.5 cm³/mol. The number of halogens is 2. The second kappa shape index (κ2) is 7.06. The Bertz CT molecular complexity index is 808. The summed E-state index contributed by atoms with van der Waals surface area (Å²) >= 11 is -2.19. The van der Waals surface area contributed by atoms with E-state index >= 15 is 0 Å². The van der Waals surface area contributed by atoms with Crippen molar-refractivity contribution >= 4 is 12.2 Å². The Morgan fingerprint density at radius 1 is 0.720 bits per heavy atom. The Morgan fingerprint density at radius 2 is 1.16 bits per heavy atom. The van der Waals surface area contributed by atoms with Crippen molar-refractivity contribution in [3.63, 3.8) is 0 Å². The van der Waals surface area contributed by atoms with Crippen LogP contribution in [0.15, 0.2) is 48.6 Å². The van der Waals surface area contributed by atoms with Crippen molar-refractivity contribution in [1.29, 1.82) is 0 Å². The largest absolute Gasteiger partial charge is 1.00 e. The van der Waals surface area contributed by atoms with Gasteiger partial charge in [-0.05, 0) is 0 Å². The van der Waals surface area contributed by atoms with Gasteiger partial charge in [0, 0.05) is 0 Å². The average molecular weight is 537 g/mol. The van der Waals surface area contributed by atoms with Gasteiger partial charge < -0.3 is 34.0 Å². The summed E-state index contributed by atoms with van der Waals surface area (Å²) < 4.78 is 4.69. The van der Waals surface area contributed by atoms with Gasteiger partial charge in [-0.1, -0.05) is 0 Å². The molecule has 2 aliphatic carbocycles. The predicted octanol–water partition coefficient (Wildman–Crippen LogP) is 0.152. The molecule has 1 aliphatic heterocycles. The van der Waals surface area contributed by atoms with Crippen LogP contribution in [0.1, 0.15) is 40.6 Å².